The third-order valence-corrected chi connectivity index (χ3v) is 5.12. The number of hydrogen-bond acceptors (Lipinski definition) is 6. The van der Waals surface area contributed by atoms with Crippen LogP contribution in [0.15, 0.2) is 29.2 Å². The maximum absolute atomic E-state index is 10.5. The Kier molecular flexibility index (Phi) is 4.17. The third-order valence-electron chi connectivity index (χ3n) is 4.48. The Morgan fingerprint density at radius 2 is 2.29 bits per heavy atom. The van der Waals surface area contributed by atoms with E-state index in [0.29, 0.717) is 5.69 Å². The highest BCUT2D eigenvalue weighted by molar-refractivity contribution is 7.07. The molecule has 4 rings (SSSR count). The van der Waals surface area contributed by atoms with Crippen LogP contribution in [0.2, 0.25) is 0 Å². The summed E-state index contributed by atoms with van der Waals surface area (Å²) in [5.41, 5.74) is 5.63. The second-order valence-corrected chi connectivity index (χ2v) is 6.79. The molecule has 0 spiro atoms. The first kappa shape index (κ1) is 15.5. The molecule has 4 heterocycles. The molecule has 126 valence electrons. The van der Waals surface area contributed by atoms with Crippen LogP contribution in [-0.2, 0) is 26.6 Å². The molecule has 7 nitrogen and oxygen atoms in total. The molecular formula is C16H20N6OS. The Hall–Kier alpha value is -2.03. The minimum absolute atomic E-state index is 0.690. The molecule has 8 heteroatoms. The quantitative estimate of drug-likeness (QED) is 0.753. The Balaban J connectivity index is 1.45. The van der Waals surface area contributed by atoms with E-state index >= 15 is 0 Å². The van der Waals surface area contributed by atoms with E-state index in [2.05, 4.69) is 25.5 Å². The van der Waals surface area contributed by atoms with Crippen LogP contribution in [0.5, 0.6) is 0 Å². The summed E-state index contributed by atoms with van der Waals surface area (Å²) in [6.45, 7) is 3.67. The highest BCUT2D eigenvalue weighted by Crippen LogP contribution is 2.23. The zero-order valence-corrected chi connectivity index (χ0v) is 14.4. The monoisotopic (exact) mass is 344 g/mol. The minimum atomic E-state index is -0.737. The molecule has 0 amide bonds. The second-order valence-electron chi connectivity index (χ2n) is 6.07. The minimum Gasteiger partial charge on any atom is -0.380 e. The number of hydrogen-bond donors (Lipinski definition) is 1. The van der Waals surface area contributed by atoms with Crippen LogP contribution in [-0.4, -0.2) is 47.6 Å². The van der Waals surface area contributed by atoms with E-state index < -0.39 is 6.10 Å². The summed E-state index contributed by atoms with van der Waals surface area (Å²) in [6.07, 6.45) is 1.93. The molecule has 0 aromatic carbocycles. The van der Waals surface area contributed by atoms with Crippen molar-refractivity contribution in [1.82, 2.24) is 29.4 Å². The van der Waals surface area contributed by atoms with Gasteiger partial charge in [-0.1, -0.05) is 0 Å². The second kappa shape index (κ2) is 6.46. The lowest BCUT2D eigenvalue weighted by molar-refractivity contribution is 0.199. The van der Waals surface area contributed by atoms with Gasteiger partial charge in [-0.3, -0.25) is 14.3 Å². The maximum atomic E-state index is 10.5. The van der Waals surface area contributed by atoms with Gasteiger partial charge in [-0.25, -0.2) is 4.98 Å². The molecule has 0 saturated heterocycles. The van der Waals surface area contributed by atoms with E-state index in [1.165, 1.54) is 0 Å². The van der Waals surface area contributed by atoms with Gasteiger partial charge in [0, 0.05) is 44.7 Å². The average Bonchev–Trinajstić information content (AvgIpc) is 3.32. The summed E-state index contributed by atoms with van der Waals surface area (Å²) in [4.78, 5) is 6.76. The van der Waals surface area contributed by atoms with Crippen LogP contribution in [0.3, 0.4) is 0 Å². The predicted octanol–water partition coefficient (Wildman–Crippen LogP) is 1.21. The molecule has 0 aliphatic carbocycles. The highest BCUT2D eigenvalue weighted by atomic mass is 32.1. The van der Waals surface area contributed by atoms with Crippen LogP contribution < -0.4 is 0 Å². The van der Waals surface area contributed by atoms with E-state index in [0.717, 1.165) is 49.7 Å². The van der Waals surface area contributed by atoms with Crippen molar-refractivity contribution in [2.45, 2.75) is 25.6 Å². The van der Waals surface area contributed by atoms with Crippen LogP contribution in [0.25, 0.3) is 0 Å². The lowest BCUT2D eigenvalue weighted by Crippen LogP contribution is -2.35. The Labute approximate surface area is 144 Å². The lowest BCUT2D eigenvalue weighted by atomic mass is 10.1. The number of rotatable bonds is 5. The SMILES string of the molecule is Cn1nccc1[C@H](O)c1cc2n(n1)CCN(CCc1cscn1)C2. The Bertz CT molecular complexity index is 809. The van der Waals surface area contributed by atoms with Crippen molar-refractivity contribution < 1.29 is 5.11 Å². The van der Waals surface area contributed by atoms with Gasteiger partial charge in [-0.2, -0.15) is 10.2 Å². The molecule has 1 aliphatic rings. The molecule has 1 atom stereocenters. The van der Waals surface area contributed by atoms with Crippen molar-refractivity contribution >= 4 is 11.3 Å². The summed E-state index contributed by atoms with van der Waals surface area (Å²) in [6, 6.07) is 3.83. The van der Waals surface area contributed by atoms with Gasteiger partial charge in [0.05, 0.1) is 34.8 Å². The first-order valence-corrected chi connectivity index (χ1v) is 8.97. The summed E-state index contributed by atoms with van der Waals surface area (Å²) in [5.74, 6) is 0. The van der Waals surface area contributed by atoms with Crippen molar-refractivity contribution in [3.05, 3.63) is 52.0 Å². The fourth-order valence-electron chi connectivity index (χ4n) is 3.10. The first-order valence-electron chi connectivity index (χ1n) is 8.03. The summed E-state index contributed by atoms with van der Waals surface area (Å²) in [5, 5.41) is 21.4. The van der Waals surface area contributed by atoms with Gasteiger partial charge in [0.2, 0.25) is 0 Å². The van der Waals surface area contributed by atoms with Crippen LogP contribution in [0.1, 0.15) is 28.9 Å². The molecule has 0 unspecified atom stereocenters. The standard InChI is InChI=1S/C16H20N6OS/c1-20-15(2-4-18-20)16(23)14-8-13-9-21(6-7-22(13)19-14)5-3-12-10-24-11-17-12/h2,4,8,10-11,16,23H,3,5-7,9H2,1H3/t16-/m1/s1. The van der Waals surface area contributed by atoms with E-state index in [9.17, 15) is 5.11 Å². The zero-order valence-electron chi connectivity index (χ0n) is 13.5. The highest BCUT2D eigenvalue weighted by Gasteiger charge is 2.23. The van der Waals surface area contributed by atoms with Gasteiger partial charge in [-0.15, -0.1) is 11.3 Å². The molecule has 0 saturated carbocycles. The van der Waals surface area contributed by atoms with Crippen molar-refractivity contribution in [3.8, 4) is 0 Å². The van der Waals surface area contributed by atoms with E-state index in [-0.39, 0.29) is 0 Å². The summed E-state index contributed by atoms with van der Waals surface area (Å²) >= 11 is 1.64. The van der Waals surface area contributed by atoms with Gasteiger partial charge in [0.25, 0.3) is 0 Å². The molecule has 1 N–H and O–H groups in total. The van der Waals surface area contributed by atoms with Crippen molar-refractivity contribution in [1.29, 1.82) is 0 Å². The molecule has 24 heavy (non-hydrogen) atoms. The van der Waals surface area contributed by atoms with E-state index in [4.69, 9.17) is 0 Å². The van der Waals surface area contributed by atoms with Crippen LogP contribution in [0, 0.1) is 0 Å². The van der Waals surface area contributed by atoms with Gasteiger partial charge in [-0.05, 0) is 12.1 Å². The van der Waals surface area contributed by atoms with Crippen molar-refractivity contribution in [3.63, 3.8) is 0 Å². The maximum Gasteiger partial charge on any atom is 0.139 e. The fraction of sp³-hybridized carbons (Fsp3) is 0.438. The lowest BCUT2D eigenvalue weighted by Gasteiger charge is -2.27. The summed E-state index contributed by atoms with van der Waals surface area (Å²) in [7, 11) is 1.83. The van der Waals surface area contributed by atoms with E-state index in [1.54, 1.807) is 22.2 Å². The number of thiazole rings is 1. The fourth-order valence-corrected chi connectivity index (χ4v) is 3.70. The normalized spacial score (nSPS) is 16.2. The number of aliphatic hydroxyl groups excluding tert-OH is 1. The van der Waals surface area contributed by atoms with Crippen molar-refractivity contribution in [2.24, 2.45) is 7.05 Å². The first-order chi connectivity index (χ1) is 11.7. The smallest absolute Gasteiger partial charge is 0.139 e. The topological polar surface area (TPSA) is 72.0 Å². The van der Waals surface area contributed by atoms with Crippen LogP contribution >= 0.6 is 11.3 Å². The van der Waals surface area contributed by atoms with Gasteiger partial charge in [0.1, 0.15) is 6.10 Å². The molecule has 0 radical (unpaired) electrons. The summed E-state index contributed by atoms with van der Waals surface area (Å²) < 4.78 is 3.69. The van der Waals surface area contributed by atoms with Gasteiger partial charge >= 0.3 is 0 Å². The number of aromatic nitrogens is 5. The van der Waals surface area contributed by atoms with Crippen molar-refractivity contribution in [2.75, 3.05) is 13.1 Å². The largest absolute Gasteiger partial charge is 0.380 e. The van der Waals surface area contributed by atoms with Gasteiger partial charge < -0.3 is 5.11 Å². The van der Waals surface area contributed by atoms with Gasteiger partial charge in [0.15, 0.2) is 0 Å². The zero-order chi connectivity index (χ0) is 16.5. The molecule has 0 fully saturated rings. The van der Waals surface area contributed by atoms with Crippen LogP contribution in [0.4, 0.5) is 0 Å². The molecule has 1 aliphatic heterocycles. The number of aliphatic hydroxyl groups is 1. The predicted molar refractivity (Wildman–Crippen MR) is 90.6 cm³/mol. The average molecular weight is 344 g/mol. The number of aryl methyl sites for hydroxylation is 1. The van der Waals surface area contributed by atoms with E-state index in [1.807, 2.05) is 29.4 Å². The molecule has 0 bridgehead atoms. The molecular weight excluding hydrogens is 324 g/mol. The Morgan fingerprint density at radius 3 is 3.04 bits per heavy atom. The number of fused-ring (bicyclic) bond motifs is 1. The molecule has 3 aromatic heterocycles. The Morgan fingerprint density at radius 1 is 1.38 bits per heavy atom. The third kappa shape index (κ3) is 3.00. The number of nitrogens with zero attached hydrogens (tertiary/aromatic N) is 6. The molecule has 3 aromatic rings.